The first kappa shape index (κ1) is 12.5. The zero-order chi connectivity index (χ0) is 11.4. The monoisotopic (exact) mass is 290 g/mol. The van der Waals surface area contributed by atoms with Gasteiger partial charge in [-0.1, -0.05) is 40.5 Å². The molecule has 0 bridgehead atoms. The molecule has 0 saturated carbocycles. The number of benzene rings is 1. The maximum atomic E-state index is 11.2. The van der Waals surface area contributed by atoms with Gasteiger partial charge in [0.2, 0.25) is 5.91 Å². The quantitative estimate of drug-likeness (QED) is 0.894. The van der Waals surface area contributed by atoms with Gasteiger partial charge in [-0.05, 0) is 24.2 Å². The number of hydrogen-bond donors (Lipinski definition) is 2. The van der Waals surface area contributed by atoms with Crippen LogP contribution in [0.5, 0.6) is 0 Å². The van der Waals surface area contributed by atoms with Crippen LogP contribution in [0.15, 0.2) is 22.7 Å². The largest absolute Gasteiger partial charge is 0.368 e. The molecule has 0 heterocycles. The van der Waals surface area contributed by atoms with E-state index in [-0.39, 0.29) is 0 Å². The molecule has 1 amide bonds. The van der Waals surface area contributed by atoms with Crippen LogP contribution >= 0.6 is 27.5 Å². The molecule has 1 unspecified atom stereocenters. The Morgan fingerprint density at radius 3 is 2.80 bits per heavy atom. The molecule has 0 aliphatic heterocycles. The van der Waals surface area contributed by atoms with E-state index in [1.807, 2.05) is 13.0 Å². The van der Waals surface area contributed by atoms with E-state index in [0.717, 1.165) is 4.47 Å². The summed E-state index contributed by atoms with van der Waals surface area (Å²) in [6.45, 7) is 2.56. The van der Waals surface area contributed by atoms with E-state index in [4.69, 9.17) is 17.3 Å². The molecule has 0 radical (unpaired) electrons. The Balaban J connectivity index is 3.05. The lowest BCUT2D eigenvalue weighted by molar-refractivity contribution is -0.120. The van der Waals surface area contributed by atoms with Crippen LogP contribution in [0.4, 0.5) is 0 Å². The maximum absolute atomic E-state index is 11.2. The molecule has 15 heavy (non-hydrogen) atoms. The van der Waals surface area contributed by atoms with E-state index in [1.165, 1.54) is 0 Å². The van der Waals surface area contributed by atoms with Crippen molar-refractivity contribution in [1.82, 2.24) is 5.32 Å². The lowest BCUT2D eigenvalue weighted by atomic mass is 10.1. The highest BCUT2D eigenvalue weighted by Gasteiger charge is 2.18. The highest BCUT2D eigenvalue weighted by atomic mass is 79.9. The molecule has 1 aromatic carbocycles. The Morgan fingerprint density at radius 2 is 2.33 bits per heavy atom. The van der Waals surface area contributed by atoms with Crippen LogP contribution in [0.3, 0.4) is 0 Å². The SMILES string of the molecule is CCNC(C(N)=O)c1ccc(Br)cc1Cl. The van der Waals surface area contributed by atoms with Crippen LogP contribution in [-0.4, -0.2) is 12.5 Å². The summed E-state index contributed by atoms with van der Waals surface area (Å²) in [5.74, 6) is -0.430. The fourth-order valence-electron chi connectivity index (χ4n) is 1.30. The fraction of sp³-hybridized carbons (Fsp3) is 0.300. The molecule has 0 aliphatic rings. The second kappa shape index (κ2) is 5.49. The number of rotatable bonds is 4. The van der Waals surface area contributed by atoms with Gasteiger partial charge in [0.1, 0.15) is 6.04 Å². The second-order valence-corrected chi connectivity index (χ2v) is 4.38. The molecule has 1 rings (SSSR count). The van der Waals surface area contributed by atoms with Gasteiger partial charge in [-0.2, -0.15) is 0 Å². The van der Waals surface area contributed by atoms with Crippen LogP contribution in [0, 0.1) is 0 Å². The van der Waals surface area contributed by atoms with Gasteiger partial charge in [0, 0.05) is 9.50 Å². The Hall–Kier alpha value is -0.580. The van der Waals surface area contributed by atoms with Crippen molar-refractivity contribution in [1.29, 1.82) is 0 Å². The van der Waals surface area contributed by atoms with Gasteiger partial charge in [-0.25, -0.2) is 0 Å². The molecular formula is C10H12BrClN2O. The van der Waals surface area contributed by atoms with E-state index in [9.17, 15) is 4.79 Å². The summed E-state index contributed by atoms with van der Waals surface area (Å²) in [7, 11) is 0. The smallest absolute Gasteiger partial charge is 0.239 e. The summed E-state index contributed by atoms with van der Waals surface area (Å²) < 4.78 is 0.871. The first-order valence-corrected chi connectivity index (χ1v) is 5.71. The van der Waals surface area contributed by atoms with Crippen molar-refractivity contribution < 1.29 is 4.79 Å². The first-order chi connectivity index (χ1) is 7.06. The molecular weight excluding hydrogens is 279 g/mol. The molecule has 1 atom stereocenters. The lowest BCUT2D eigenvalue weighted by Crippen LogP contribution is -2.33. The Morgan fingerprint density at radius 1 is 1.67 bits per heavy atom. The number of hydrogen-bond acceptors (Lipinski definition) is 2. The summed E-state index contributed by atoms with van der Waals surface area (Å²) >= 11 is 9.33. The summed E-state index contributed by atoms with van der Waals surface area (Å²) in [6.07, 6.45) is 0. The van der Waals surface area contributed by atoms with E-state index in [2.05, 4.69) is 21.2 Å². The predicted octanol–water partition coefficient (Wildman–Crippen LogP) is 2.24. The molecule has 0 aromatic heterocycles. The standard InChI is InChI=1S/C10H12BrClN2O/c1-2-14-9(10(13)15)7-4-3-6(11)5-8(7)12/h3-5,9,14H,2H2,1H3,(H2,13,15). The highest BCUT2D eigenvalue weighted by molar-refractivity contribution is 9.10. The van der Waals surface area contributed by atoms with Gasteiger partial charge in [0.15, 0.2) is 0 Å². The highest BCUT2D eigenvalue weighted by Crippen LogP contribution is 2.26. The topological polar surface area (TPSA) is 55.1 Å². The van der Waals surface area contributed by atoms with Crippen LogP contribution < -0.4 is 11.1 Å². The molecule has 0 spiro atoms. The summed E-state index contributed by atoms with van der Waals surface area (Å²) in [5, 5.41) is 3.51. The zero-order valence-corrected chi connectivity index (χ0v) is 10.6. The maximum Gasteiger partial charge on any atom is 0.239 e. The number of carbonyl (C=O) groups is 1. The Labute approximate surface area is 102 Å². The number of nitrogens with two attached hydrogens (primary N) is 1. The number of nitrogens with one attached hydrogen (secondary N) is 1. The fourth-order valence-corrected chi connectivity index (χ4v) is 2.09. The zero-order valence-electron chi connectivity index (χ0n) is 8.26. The van der Waals surface area contributed by atoms with Crippen molar-refractivity contribution >= 4 is 33.4 Å². The molecule has 1 aromatic rings. The summed E-state index contributed by atoms with van der Waals surface area (Å²) in [5.41, 5.74) is 5.99. The van der Waals surface area contributed by atoms with E-state index < -0.39 is 11.9 Å². The molecule has 5 heteroatoms. The third-order valence-electron chi connectivity index (χ3n) is 1.97. The van der Waals surface area contributed by atoms with E-state index in [0.29, 0.717) is 17.1 Å². The van der Waals surface area contributed by atoms with Crippen molar-refractivity contribution in [2.24, 2.45) is 5.73 Å². The van der Waals surface area contributed by atoms with Gasteiger partial charge in [-0.3, -0.25) is 4.79 Å². The molecule has 0 fully saturated rings. The number of amides is 1. The summed E-state index contributed by atoms with van der Waals surface area (Å²) in [4.78, 5) is 11.2. The number of halogens is 2. The average molecular weight is 292 g/mol. The third kappa shape index (κ3) is 3.19. The number of primary amides is 1. The van der Waals surface area contributed by atoms with Crippen molar-refractivity contribution in [2.45, 2.75) is 13.0 Å². The van der Waals surface area contributed by atoms with Crippen LogP contribution in [0.1, 0.15) is 18.5 Å². The predicted molar refractivity (Wildman–Crippen MR) is 64.8 cm³/mol. The third-order valence-corrected chi connectivity index (χ3v) is 2.79. The van der Waals surface area contributed by atoms with Gasteiger partial charge < -0.3 is 11.1 Å². The summed E-state index contributed by atoms with van der Waals surface area (Å²) in [6, 6.07) is 4.82. The average Bonchev–Trinajstić information content (AvgIpc) is 2.15. The van der Waals surface area contributed by atoms with Gasteiger partial charge in [0.05, 0.1) is 0 Å². The number of carbonyl (C=O) groups excluding carboxylic acids is 1. The minimum absolute atomic E-state index is 0.430. The Kier molecular flexibility index (Phi) is 4.57. The molecule has 0 saturated heterocycles. The molecule has 3 nitrogen and oxygen atoms in total. The van der Waals surface area contributed by atoms with Gasteiger partial charge in [-0.15, -0.1) is 0 Å². The minimum Gasteiger partial charge on any atom is -0.368 e. The van der Waals surface area contributed by atoms with Gasteiger partial charge >= 0.3 is 0 Å². The van der Waals surface area contributed by atoms with E-state index in [1.54, 1.807) is 12.1 Å². The van der Waals surface area contributed by atoms with Crippen molar-refractivity contribution in [3.63, 3.8) is 0 Å². The second-order valence-electron chi connectivity index (χ2n) is 3.06. The first-order valence-electron chi connectivity index (χ1n) is 4.54. The van der Waals surface area contributed by atoms with Gasteiger partial charge in [0.25, 0.3) is 0 Å². The van der Waals surface area contributed by atoms with Crippen LogP contribution in [0.25, 0.3) is 0 Å². The molecule has 0 aliphatic carbocycles. The van der Waals surface area contributed by atoms with Crippen molar-refractivity contribution in [3.05, 3.63) is 33.3 Å². The van der Waals surface area contributed by atoms with Crippen LogP contribution in [-0.2, 0) is 4.79 Å². The lowest BCUT2D eigenvalue weighted by Gasteiger charge is -2.16. The minimum atomic E-state index is -0.532. The Bertz CT molecular complexity index is 370. The number of likely N-dealkylation sites (N-methyl/N-ethyl adjacent to an activating group) is 1. The van der Waals surface area contributed by atoms with Crippen LogP contribution in [0.2, 0.25) is 5.02 Å². The van der Waals surface area contributed by atoms with E-state index >= 15 is 0 Å². The molecule has 82 valence electrons. The van der Waals surface area contributed by atoms with Crippen molar-refractivity contribution in [2.75, 3.05) is 6.54 Å². The normalized spacial score (nSPS) is 12.5. The van der Waals surface area contributed by atoms with Crippen molar-refractivity contribution in [3.8, 4) is 0 Å². The molecule has 3 N–H and O–H groups in total.